The van der Waals surface area contributed by atoms with Crippen molar-refractivity contribution in [2.75, 3.05) is 11.4 Å². The molecule has 1 amide bonds. The molecule has 1 aromatic carbocycles. The van der Waals surface area contributed by atoms with Crippen LogP contribution < -0.4 is 10.6 Å². The van der Waals surface area contributed by atoms with Crippen LogP contribution in [0.3, 0.4) is 0 Å². The fourth-order valence-electron chi connectivity index (χ4n) is 3.62. The Bertz CT molecular complexity index is 769. The van der Waals surface area contributed by atoms with Crippen LogP contribution >= 0.6 is 15.9 Å². The van der Waals surface area contributed by atoms with Gasteiger partial charge in [0.2, 0.25) is 11.8 Å². The summed E-state index contributed by atoms with van der Waals surface area (Å²) in [4.78, 5) is 19.0. The smallest absolute Gasteiger partial charge is 0.239 e. The molecule has 0 bridgehead atoms. The number of hydrogen-bond donors (Lipinski definition) is 1. The molecule has 1 aliphatic carbocycles. The SMILES string of the molecule is NC1(c2noc(C3CCN(c4cccc(Br)c4)C3=O)n2)CCCC1. The number of benzene rings is 1. The van der Waals surface area contributed by atoms with Crippen LogP contribution in [-0.4, -0.2) is 22.6 Å². The second kappa shape index (κ2) is 5.97. The number of rotatable bonds is 3. The third-order valence-electron chi connectivity index (χ3n) is 5.01. The largest absolute Gasteiger partial charge is 0.338 e. The lowest BCUT2D eigenvalue weighted by molar-refractivity contribution is -0.118. The predicted octanol–water partition coefficient (Wildman–Crippen LogP) is 3.08. The monoisotopic (exact) mass is 390 g/mol. The maximum Gasteiger partial charge on any atom is 0.239 e. The average Bonchev–Trinajstić information content (AvgIpc) is 3.27. The molecule has 0 radical (unpaired) electrons. The van der Waals surface area contributed by atoms with E-state index in [2.05, 4.69) is 26.1 Å². The van der Waals surface area contributed by atoms with Crippen molar-refractivity contribution in [1.82, 2.24) is 10.1 Å². The average molecular weight is 391 g/mol. The van der Waals surface area contributed by atoms with E-state index >= 15 is 0 Å². The summed E-state index contributed by atoms with van der Waals surface area (Å²) < 4.78 is 6.35. The van der Waals surface area contributed by atoms with Crippen LogP contribution in [0.25, 0.3) is 0 Å². The Hall–Kier alpha value is -1.73. The molecule has 1 aliphatic heterocycles. The van der Waals surface area contributed by atoms with E-state index in [1.165, 1.54) is 0 Å². The minimum atomic E-state index is -0.493. The molecular weight excluding hydrogens is 372 g/mol. The van der Waals surface area contributed by atoms with Crippen molar-refractivity contribution in [3.05, 3.63) is 40.5 Å². The number of carbonyl (C=O) groups is 1. The minimum Gasteiger partial charge on any atom is -0.338 e. The van der Waals surface area contributed by atoms with E-state index in [1.807, 2.05) is 24.3 Å². The Morgan fingerprint density at radius 2 is 2.12 bits per heavy atom. The van der Waals surface area contributed by atoms with Crippen molar-refractivity contribution in [2.24, 2.45) is 5.73 Å². The Morgan fingerprint density at radius 3 is 2.88 bits per heavy atom. The van der Waals surface area contributed by atoms with Gasteiger partial charge in [-0.05, 0) is 37.5 Å². The summed E-state index contributed by atoms with van der Waals surface area (Å²) >= 11 is 3.44. The Balaban J connectivity index is 1.56. The lowest BCUT2D eigenvalue weighted by atomic mass is 9.98. The molecule has 2 fully saturated rings. The summed E-state index contributed by atoms with van der Waals surface area (Å²) in [5.41, 5.74) is 6.76. The molecule has 1 saturated heterocycles. The van der Waals surface area contributed by atoms with Crippen molar-refractivity contribution >= 4 is 27.5 Å². The van der Waals surface area contributed by atoms with Crippen molar-refractivity contribution in [2.45, 2.75) is 43.6 Å². The fourth-order valence-corrected chi connectivity index (χ4v) is 4.01. The number of hydrogen-bond acceptors (Lipinski definition) is 5. The number of nitrogens with two attached hydrogens (primary N) is 1. The van der Waals surface area contributed by atoms with E-state index in [-0.39, 0.29) is 11.8 Å². The van der Waals surface area contributed by atoms with E-state index in [1.54, 1.807) is 4.90 Å². The van der Waals surface area contributed by atoms with E-state index in [0.717, 1.165) is 35.8 Å². The standard InChI is InChI=1S/C17H19BrN4O2/c18-11-4-3-5-12(10-11)22-9-6-13(15(22)23)14-20-16(21-24-14)17(19)7-1-2-8-17/h3-5,10,13H,1-2,6-9,19H2. The molecule has 2 aliphatic rings. The zero-order valence-corrected chi connectivity index (χ0v) is 14.8. The lowest BCUT2D eigenvalue weighted by Gasteiger charge is -2.18. The molecule has 1 saturated carbocycles. The van der Waals surface area contributed by atoms with Crippen LogP contribution in [0.1, 0.15) is 49.7 Å². The topological polar surface area (TPSA) is 85.2 Å². The third kappa shape index (κ3) is 2.65. The number of aromatic nitrogens is 2. The molecule has 6 nitrogen and oxygen atoms in total. The molecule has 24 heavy (non-hydrogen) atoms. The number of anilines is 1. The summed E-state index contributed by atoms with van der Waals surface area (Å²) in [7, 11) is 0. The maximum absolute atomic E-state index is 12.8. The van der Waals surface area contributed by atoms with Crippen molar-refractivity contribution in [3.8, 4) is 0 Å². The van der Waals surface area contributed by atoms with Crippen LogP contribution in [-0.2, 0) is 10.3 Å². The minimum absolute atomic E-state index is 0.000735. The zero-order valence-electron chi connectivity index (χ0n) is 13.2. The van der Waals surface area contributed by atoms with Gasteiger partial charge in [0.1, 0.15) is 5.92 Å². The predicted molar refractivity (Wildman–Crippen MR) is 92.5 cm³/mol. The van der Waals surface area contributed by atoms with Gasteiger partial charge < -0.3 is 15.2 Å². The van der Waals surface area contributed by atoms with Gasteiger partial charge in [-0.2, -0.15) is 4.98 Å². The first-order chi connectivity index (χ1) is 11.6. The number of amides is 1. The maximum atomic E-state index is 12.8. The second-order valence-electron chi connectivity index (χ2n) is 6.63. The summed E-state index contributed by atoms with van der Waals surface area (Å²) in [5, 5.41) is 4.07. The first kappa shape index (κ1) is 15.8. The summed E-state index contributed by atoms with van der Waals surface area (Å²) in [6.07, 6.45) is 4.58. The van der Waals surface area contributed by atoms with E-state index in [0.29, 0.717) is 24.7 Å². The molecule has 0 spiro atoms. The first-order valence-electron chi connectivity index (χ1n) is 8.27. The molecule has 2 heterocycles. The first-order valence-corrected chi connectivity index (χ1v) is 9.06. The molecule has 1 aromatic heterocycles. The molecular formula is C17H19BrN4O2. The van der Waals surface area contributed by atoms with E-state index in [4.69, 9.17) is 10.3 Å². The van der Waals surface area contributed by atoms with Gasteiger partial charge in [-0.15, -0.1) is 0 Å². The van der Waals surface area contributed by atoms with E-state index < -0.39 is 5.54 Å². The lowest BCUT2D eigenvalue weighted by Crippen LogP contribution is -2.34. The molecule has 126 valence electrons. The van der Waals surface area contributed by atoms with Crippen LogP contribution in [0.15, 0.2) is 33.3 Å². The summed E-state index contributed by atoms with van der Waals surface area (Å²) in [6.45, 7) is 0.644. The Kier molecular flexibility index (Phi) is 3.92. The summed E-state index contributed by atoms with van der Waals surface area (Å²) in [6, 6.07) is 7.72. The van der Waals surface area contributed by atoms with Crippen molar-refractivity contribution in [1.29, 1.82) is 0 Å². The quantitative estimate of drug-likeness (QED) is 0.869. The highest BCUT2D eigenvalue weighted by molar-refractivity contribution is 9.10. The number of halogens is 1. The van der Waals surface area contributed by atoms with Crippen LogP contribution in [0.4, 0.5) is 5.69 Å². The molecule has 1 unspecified atom stereocenters. The molecule has 7 heteroatoms. The third-order valence-corrected chi connectivity index (χ3v) is 5.50. The molecule has 4 rings (SSSR count). The van der Waals surface area contributed by atoms with Crippen molar-refractivity contribution in [3.63, 3.8) is 0 Å². The van der Waals surface area contributed by atoms with Gasteiger partial charge in [0.25, 0.3) is 0 Å². The second-order valence-corrected chi connectivity index (χ2v) is 7.55. The van der Waals surface area contributed by atoms with Crippen LogP contribution in [0.5, 0.6) is 0 Å². The summed E-state index contributed by atoms with van der Waals surface area (Å²) in [5.74, 6) is 0.559. The fraction of sp³-hybridized carbons (Fsp3) is 0.471. The number of carbonyl (C=O) groups excluding carboxylic acids is 1. The highest BCUT2D eigenvalue weighted by Gasteiger charge is 2.40. The highest BCUT2D eigenvalue weighted by atomic mass is 79.9. The van der Waals surface area contributed by atoms with Crippen molar-refractivity contribution < 1.29 is 9.32 Å². The van der Waals surface area contributed by atoms with Crippen LogP contribution in [0, 0.1) is 0 Å². The zero-order chi connectivity index (χ0) is 16.7. The van der Waals surface area contributed by atoms with Gasteiger partial charge in [0.05, 0.1) is 5.54 Å². The van der Waals surface area contributed by atoms with Gasteiger partial charge in [-0.3, -0.25) is 4.79 Å². The Morgan fingerprint density at radius 1 is 1.33 bits per heavy atom. The van der Waals surface area contributed by atoms with Gasteiger partial charge in [-0.25, -0.2) is 0 Å². The Labute approximate surface area is 148 Å². The normalized spacial score (nSPS) is 23.2. The van der Waals surface area contributed by atoms with Crippen LogP contribution in [0.2, 0.25) is 0 Å². The van der Waals surface area contributed by atoms with Gasteiger partial charge in [0.15, 0.2) is 5.82 Å². The number of nitrogens with zero attached hydrogens (tertiary/aromatic N) is 3. The van der Waals surface area contributed by atoms with Gasteiger partial charge in [-0.1, -0.05) is 40.0 Å². The van der Waals surface area contributed by atoms with E-state index in [9.17, 15) is 4.79 Å². The van der Waals surface area contributed by atoms with Gasteiger partial charge >= 0.3 is 0 Å². The molecule has 1 atom stereocenters. The van der Waals surface area contributed by atoms with Gasteiger partial charge in [0, 0.05) is 16.7 Å². The molecule has 2 N–H and O–H groups in total. The molecule has 2 aromatic rings. The highest BCUT2D eigenvalue weighted by Crippen LogP contribution is 2.37.